The summed E-state index contributed by atoms with van der Waals surface area (Å²) in [6.45, 7) is 7.65. The van der Waals surface area contributed by atoms with Gasteiger partial charge in [-0.2, -0.15) is 0 Å². The SMILES string of the molecule is COC(=O)C=CC12COC(C)(C)C1C1CC3(C)C2C(=O)C(=O)C2(C)C(c4ccoc4)OC(=O)C(O1)C32. The fraction of sp³-hybridized carbons (Fsp3) is 0.630. The lowest BCUT2D eigenvalue weighted by Gasteiger charge is -2.69. The quantitative estimate of drug-likeness (QED) is 0.352. The van der Waals surface area contributed by atoms with Crippen molar-refractivity contribution in [1.29, 1.82) is 0 Å². The number of fused-ring (bicyclic) bond motifs is 4. The number of hydrogen-bond acceptors (Lipinski definition) is 9. The molecule has 5 aliphatic rings. The molecule has 1 aromatic heterocycles. The van der Waals surface area contributed by atoms with Gasteiger partial charge in [-0.05, 0) is 38.7 Å². The lowest BCUT2D eigenvalue weighted by Crippen LogP contribution is -2.77. The molecule has 1 aromatic rings. The molecule has 0 radical (unpaired) electrons. The first-order valence-electron chi connectivity index (χ1n) is 12.3. The van der Waals surface area contributed by atoms with E-state index in [-0.39, 0.29) is 12.5 Å². The average Bonchev–Trinajstić information content (AvgIpc) is 3.44. The van der Waals surface area contributed by atoms with Gasteiger partial charge in [-0.25, -0.2) is 9.59 Å². The average molecular weight is 499 g/mol. The van der Waals surface area contributed by atoms with Crippen LogP contribution in [0.1, 0.15) is 45.8 Å². The molecule has 2 saturated carbocycles. The lowest BCUT2D eigenvalue weighted by atomic mass is 9.36. The smallest absolute Gasteiger partial charge is 0.336 e. The highest BCUT2D eigenvalue weighted by Gasteiger charge is 2.80. The van der Waals surface area contributed by atoms with Gasteiger partial charge in [0.25, 0.3) is 0 Å². The molecule has 0 amide bonds. The van der Waals surface area contributed by atoms with Crippen LogP contribution >= 0.6 is 0 Å². The van der Waals surface area contributed by atoms with Crippen LogP contribution in [-0.2, 0) is 38.1 Å². The van der Waals surface area contributed by atoms with E-state index in [9.17, 15) is 19.2 Å². The summed E-state index contributed by atoms with van der Waals surface area (Å²) >= 11 is 0. The summed E-state index contributed by atoms with van der Waals surface area (Å²) in [4.78, 5) is 54.0. The topological polar surface area (TPSA) is 118 Å². The van der Waals surface area contributed by atoms with Crippen molar-refractivity contribution < 1.29 is 42.5 Å². The Morgan fingerprint density at radius 2 is 1.89 bits per heavy atom. The zero-order valence-corrected chi connectivity index (χ0v) is 20.9. The summed E-state index contributed by atoms with van der Waals surface area (Å²) in [6, 6.07) is 1.65. The minimum Gasteiger partial charge on any atom is -0.472 e. The van der Waals surface area contributed by atoms with Gasteiger partial charge in [0.05, 0.1) is 43.4 Å². The Morgan fingerprint density at radius 1 is 1.14 bits per heavy atom. The lowest BCUT2D eigenvalue weighted by molar-refractivity contribution is -0.294. The number of carbonyl (C=O) groups excluding carboxylic acids is 4. The molecule has 0 spiro atoms. The minimum atomic E-state index is -1.34. The van der Waals surface area contributed by atoms with Gasteiger partial charge < -0.3 is 23.4 Å². The number of rotatable bonds is 3. The molecule has 2 bridgehead atoms. The number of esters is 2. The predicted molar refractivity (Wildman–Crippen MR) is 121 cm³/mol. The van der Waals surface area contributed by atoms with E-state index < -0.39 is 75.5 Å². The summed E-state index contributed by atoms with van der Waals surface area (Å²) in [6.07, 6.45) is 3.94. The Morgan fingerprint density at radius 3 is 2.56 bits per heavy atom. The van der Waals surface area contributed by atoms with Crippen molar-refractivity contribution in [2.45, 2.75) is 58.0 Å². The van der Waals surface area contributed by atoms with Gasteiger partial charge in [0.2, 0.25) is 11.6 Å². The van der Waals surface area contributed by atoms with Gasteiger partial charge in [0.1, 0.15) is 6.10 Å². The number of carbonyl (C=O) groups is 4. The summed E-state index contributed by atoms with van der Waals surface area (Å²) < 4.78 is 28.7. The van der Waals surface area contributed by atoms with Gasteiger partial charge in [0, 0.05) is 34.8 Å². The third-order valence-corrected chi connectivity index (χ3v) is 9.78. The molecule has 2 aliphatic carbocycles. The van der Waals surface area contributed by atoms with Crippen LogP contribution in [0, 0.1) is 34.0 Å². The number of hydrogen-bond donors (Lipinski definition) is 0. The zero-order valence-electron chi connectivity index (χ0n) is 20.9. The van der Waals surface area contributed by atoms with Crippen LogP contribution in [0.4, 0.5) is 0 Å². The molecule has 9 atom stereocenters. The van der Waals surface area contributed by atoms with E-state index in [0.29, 0.717) is 12.0 Å². The van der Waals surface area contributed by atoms with Crippen LogP contribution in [-0.4, -0.2) is 55.0 Å². The highest BCUT2D eigenvalue weighted by atomic mass is 16.6. The molecule has 5 fully saturated rings. The first kappa shape index (κ1) is 23.6. The zero-order chi connectivity index (χ0) is 25.8. The van der Waals surface area contributed by atoms with Crippen molar-refractivity contribution in [3.05, 3.63) is 36.3 Å². The summed E-state index contributed by atoms with van der Waals surface area (Å²) in [5.41, 5.74) is -3.34. The van der Waals surface area contributed by atoms with Crippen LogP contribution in [0.15, 0.2) is 35.2 Å². The van der Waals surface area contributed by atoms with Crippen molar-refractivity contribution in [3.8, 4) is 0 Å². The molecular weight excluding hydrogens is 468 g/mol. The molecule has 3 saturated heterocycles. The Hall–Kier alpha value is -2.78. The van der Waals surface area contributed by atoms with Crippen molar-refractivity contribution >= 4 is 23.5 Å². The number of Topliss-reactive ketones (excluding diaryl/α,β-unsaturated/α-hetero) is 2. The van der Waals surface area contributed by atoms with Crippen molar-refractivity contribution in [2.75, 3.05) is 13.7 Å². The number of furan rings is 1. The summed E-state index contributed by atoms with van der Waals surface area (Å²) in [5, 5.41) is 0. The van der Waals surface area contributed by atoms with E-state index in [4.69, 9.17) is 23.4 Å². The maximum atomic E-state index is 14.3. The van der Waals surface area contributed by atoms with E-state index in [1.165, 1.54) is 25.7 Å². The third-order valence-electron chi connectivity index (χ3n) is 9.78. The number of cyclic esters (lactones) is 1. The van der Waals surface area contributed by atoms with Gasteiger partial charge in [-0.15, -0.1) is 0 Å². The van der Waals surface area contributed by atoms with Gasteiger partial charge in [0.15, 0.2) is 6.10 Å². The van der Waals surface area contributed by atoms with E-state index in [0.717, 1.165) is 0 Å². The largest absolute Gasteiger partial charge is 0.472 e. The van der Waals surface area contributed by atoms with Crippen LogP contribution in [0.2, 0.25) is 0 Å². The molecular formula is C27H30O9. The summed E-state index contributed by atoms with van der Waals surface area (Å²) in [7, 11) is 1.28. The highest BCUT2D eigenvalue weighted by molar-refractivity contribution is 6.41. The molecule has 192 valence electrons. The van der Waals surface area contributed by atoms with E-state index in [1.54, 1.807) is 19.1 Å². The molecule has 9 nitrogen and oxygen atoms in total. The Kier molecular flexibility index (Phi) is 4.70. The number of methoxy groups -OCH3 is 1. The molecule has 36 heavy (non-hydrogen) atoms. The second-order valence-electron chi connectivity index (χ2n) is 11.9. The second kappa shape index (κ2) is 7.16. The maximum Gasteiger partial charge on any atom is 0.336 e. The van der Waals surface area contributed by atoms with E-state index in [2.05, 4.69) is 0 Å². The second-order valence-corrected chi connectivity index (χ2v) is 11.9. The predicted octanol–water partition coefficient (Wildman–Crippen LogP) is 2.59. The van der Waals surface area contributed by atoms with Gasteiger partial charge >= 0.3 is 11.9 Å². The molecule has 6 rings (SSSR count). The minimum absolute atomic E-state index is 0.140. The Balaban J connectivity index is 1.59. The van der Waals surface area contributed by atoms with Gasteiger partial charge in [-0.3, -0.25) is 9.59 Å². The standard InChI is InChI=1S/C27H30O9/c1-24(2)18-14-10-25(3)19(27(18,12-34-24)8-6-15(28)32-5)16(29)21(30)26(4)20(25)17(35-14)23(31)36-22(26)13-7-9-33-11-13/h6-9,11,14,17-20,22H,10,12H2,1-5H3. The van der Waals surface area contributed by atoms with Crippen molar-refractivity contribution in [1.82, 2.24) is 0 Å². The molecule has 9 unspecified atom stereocenters. The van der Waals surface area contributed by atoms with Crippen molar-refractivity contribution in [3.63, 3.8) is 0 Å². The van der Waals surface area contributed by atoms with Crippen LogP contribution in [0.25, 0.3) is 0 Å². The fourth-order valence-electron chi connectivity index (χ4n) is 8.76. The molecule has 0 N–H and O–H groups in total. The third kappa shape index (κ3) is 2.62. The maximum absolute atomic E-state index is 14.3. The van der Waals surface area contributed by atoms with Crippen LogP contribution < -0.4 is 0 Å². The first-order chi connectivity index (χ1) is 16.9. The van der Waals surface area contributed by atoms with E-state index >= 15 is 0 Å². The van der Waals surface area contributed by atoms with E-state index in [1.807, 2.05) is 20.8 Å². The monoisotopic (exact) mass is 498 g/mol. The van der Waals surface area contributed by atoms with Crippen LogP contribution in [0.3, 0.4) is 0 Å². The molecule has 4 heterocycles. The molecule has 0 aromatic carbocycles. The van der Waals surface area contributed by atoms with Gasteiger partial charge in [-0.1, -0.05) is 13.0 Å². The molecule has 9 heteroatoms. The normalized spacial score (nSPS) is 46.4. The first-order valence-corrected chi connectivity index (χ1v) is 12.3. The number of ether oxygens (including phenoxy) is 4. The van der Waals surface area contributed by atoms with Crippen molar-refractivity contribution in [2.24, 2.45) is 34.0 Å². The van der Waals surface area contributed by atoms with Crippen LogP contribution in [0.5, 0.6) is 0 Å². The fourth-order valence-corrected chi connectivity index (χ4v) is 8.76. The highest BCUT2D eigenvalue weighted by Crippen LogP contribution is 2.73. The number of ketones is 2. The molecule has 3 aliphatic heterocycles. The Bertz CT molecular complexity index is 1200. The summed E-state index contributed by atoms with van der Waals surface area (Å²) in [5.74, 6) is -4.04. The Labute approximate surface area is 208 Å².